The van der Waals surface area contributed by atoms with Gasteiger partial charge < -0.3 is 10.1 Å². The molecule has 3 nitrogen and oxygen atoms in total. The first-order chi connectivity index (χ1) is 9.65. The van der Waals surface area contributed by atoms with E-state index in [9.17, 15) is 9.50 Å². The van der Waals surface area contributed by atoms with E-state index in [0.717, 1.165) is 11.0 Å². The van der Waals surface area contributed by atoms with Gasteiger partial charge in [0.05, 0.1) is 17.1 Å². The number of rotatable bonds is 3. The second kappa shape index (κ2) is 5.26. The molecule has 0 bridgehead atoms. The highest BCUT2D eigenvalue weighted by Gasteiger charge is 2.15. The third-order valence-corrected chi connectivity index (χ3v) is 3.97. The number of aromatic nitrogens is 2. The number of H-pyrrole nitrogens is 1. The Morgan fingerprint density at radius 2 is 2.00 bits per heavy atom. The lowest BCUT2D eigenvalue weighted by molar-refractivity contribution is 0.191. The fraction of sp³-hybridized carbons (Fsp3) is 0.133. The normalized spacial score (nSPS) is 12.8. The summed E-state index contributed by atoms with van der Waals surface area (Å²) in [5.41, 5.74) is 2.10. The number of fused-ring (bicyclic) bond motifs is 1. The van der Waals surface area contributed by atoms with E-state index in [2.05, 4.69) is 9.97 Å². The maximum Gasteiger partial charge on any atom is 0.171 e. The van der Waals surface area contributed by atoms with Crippen molar-refractivity contribution < 1.29 is 9.50 Å². The van der Waals surface area contributed by atoms with Crippen molar-refractivity contribution >= 4 is 22.8 Å². The summed E-state index contributed by atoms with van der Waals surface area (Å²) in [6.07, 6.45) is -0.858. The zero-order chi connectivity index (χ0) is 14.1. The molecule has 20 heavy (non-hydrogen) atoms. The maximum absolute atomic E-state index is 13.8. The van der Waals surface area contributed by atoms with Crippen molar-refractivity contribution in [3.8, 4) is 0 Å². The highest BCUT2D eigenvalue weighted by molar-refractivity contribution is 7.99. The molecule has 102 valence electrons. The Hall–Kier alpha value is -1.85. The summed E-state index contributed by atoms with van der Waals surface area (Å²) in [5.74, 6) is -0.402. The number of imidazole rings is 1. The van der Waals surface area contributed by atoms with Gasteiger partial charge in [0, 0.05) is 10.5 Å². The van der Waals surface area contributed by atoms with Gasteiger partial charge in [0.25, 0.3) is 0 Å². The number of hydrogen-bond acceptors (Lipinski definition) is 3. The van der Waals surface area contributed by atoms with Gasteiger partial charge in [-0.25, -0.2) is 9.37 Å². The van der Waals surface area contributed by atoms with Gasteiger partial charge in [-0.1, -0.05) is 30.0 Å². The highest BCUT2D eigenvalue weighted by atomic mass is 32.2. The molecule has 0 aliphatic rings. The molecule has 0 fully saturated rings. The SMILES string of the molecule is C[C@H](O)c1c(F)cccc1Sc1nc2ccccc2[nH]1. The molecule has 0 aliphatic heterocycles. The van der Waals surface area contributed by atoms with Crippen LogP contribution in [0.5, 0.6) is 0 Å². The Kier molecular flexibility index (Phi) is 3.46. The third kappa shape index (κ3) is 2.42. The van der Waals surface area contributed by atoms with Crippen molar-refractivity contribution in [2.24, 2.45) is 0 Å². The number of aliphatic hydroxyl groups is 1. The Morgan fingerprint density at radius 3 is 2.75 bits per heavy atom. The number of hydrogen-bond donors (Lipinski definition) is 2. The lowest BCUT2D eigenvalue weighted by Crippen LogP contribution is -1.98. The smallest absolute Gasteiger partial charge is 0.171 e. The van der Waals surface area contributed by atoms with Crippen LogP contribution in [0.2, 0.25) is 0 Å². The van der Waals surface area contributed by atoms with Gasteiger partial charge in [0.2, 0.25) is 0 Å². The molecular weight excluding hydrogens is 275 g/mol. The van der Waals surface area contributed by atoms with Gasteiger partial charge in [-0.3, -0.25) is 0 Å². The van der Waals surface area contributed by atoms with E-state index in [4.69, 9.17) is 0 Å². The number of nitrogens with zero attached hydrogens (tertiary/aromatic N) is 1. The number of para-hydroxylation sites is 2. The van der Waals surface area contributed by atoms with Crippen molar-refractivity contribution in [1.82, 2.24) is 9.97 Å². The van der Waals surface area contributed by atoms with E-state index in [1.807, 2.05) is 24.3 Å². The number of aromatic amines is 1. The first kappa shape index (κ1) is 13.1. The Labute approximate surface area is 119 Å². The molecule has 0 saturated carbocycles. The molecule has 0 amide bonds. The predicted octanol–water partition coefficient (Wildman–Crippen LogP) is 3.91. The number of benzene rings is 2. The standard InChI is InChI=1S/C15H13FN2OS/c1-9(19)14-10(16)5-4-8-13(14)20-15-17-11-6-2-3-7-12(11)18-15/h2-9,19H,1H3,(H,17,18)/t9-/m0/s1. The van der Waals surface area contributed by atoms with E-state index < -0.39 is 11.9 Å². The van der Waals surface area contributed by atoms with Gasteiger partial charge in [0.15, 0.2) is 5.16 Å². The molecule has 2 N–H and O–H groups in total. The van der Waals surface area contributed by atoms with Gasteiger partial charge in [-0.15, -0.1) is 0 Å². The van der Waals surface area contributed by atoms with Crippen LogP contribution < -0.4 is 0 Å². The van der Waals surface area contributed by atoms with E-state index in [1.165, 1.54) is 17.8 Å². The molecule has 0 aliphatic carbocycles. The van der Waals surface area contributed by atoms with Crippen LogP contribution >= 0.6 is 11.8 Å². The summed E-state index contributed by atoms with van der Waals surface area (Å²) >= 11 is 1.32. The van der Waals surface area contributed by atoms with Crippen LogP contribution in [-0.4, -0.2) is 15.1 Å². The van der Waals surface area contributed by atoms with E-state index >= 15 is 0 Å². The van der Waals surface area contributed by atoms with Crippen molar-refractivity contribution in [2.75, 3.05) is 0 Å². The molecule has 0 spiro atoms. The molecule has 0 saturated heterocycles. The lowest BCUT2D eigenvalue weighted by Gasteiger charge is -2.11. The summed E-state index contributed by atoms with van der Waals surface area (Å²) < 4.78 is 13.8. The van der Waals surface area contributed by atoms with Gasteiger partial charge >= 0.3 is 0 Å². The highest BCUT2D eigenvalue weighted by Crippen LogP contribution is 2.34. The largest absolute Gasteiger partial charge is 0.389 e. The minimum Gasteiger partial charge on any atom is -0.389 e. The molecule has 1 heterocycles. The number of halogens is 1. The van der Waals surface area contributed by atoms with Crippen LogP contribution in [0.25, 0.3) is 11.0 Å². The third-order valence-electron chi connectivity index (χ3n) is 3.00. The summed E-state index contributed by atoms with van der Waals surface area (Å²) in [7, 11) is 0. The topological polar surface area (TPSA) is 48.9 Å². The molecular formula is C15H13FN2OS. The van der Waals surface area contributed by atoms with E-state index in [1.54, 1.807) is 19.1 Å². The monoisotopic (exact) mass is 288 g/mol. The molecule has 0 radical (unpaired) electrons. The maximum atomic E-state index is 13.8. The minimum absolute atomic E-state index is 0.304. The van der Waals surface area contributed by atoms with Crippen LogP contribution in [0.15, 0.2) is 52.5 Å². The van der Waals surface area contributed by atoms with E-state index in [0.29, 0.717) is 15.6 Å². The first-order valence-corrected chi connectivity index (χ1v) is 7.06. The lowest BCUT2D eigenvalue weighted by atomic mass is 10.1. The summed E-state index contributed by atoms with van der Waals surface area (Å²) in [5, 5.41) is 10.4. The van der Waals surface area contributed by atoms with Crippen molar-refractivity contribution in [1.29, 1.82) is 0 Å². The summed E-state index contributed by atoms with van der Waals surface area (Å²) in [6, 6.07) is 12.5. The fourth-order valence-corrected chi connectivity index (χ4v) is 3.13. The molecule has 2 aromatic carbocycles. The van der Waals surface area contributed by atoms with Crippen LogP contribution in [0.4, 0.5) is 4.39 Å². The second-order valence-electron chi connectivity index (χ2n) is 4.49. The Bertz CT molecular complexity index is 721. The Morgan fingerprint density at radius 1 is 1.20 bits per heavy atom. The average molecular weight is 288 g/mol. The number of aliphatic hydroxyl groups excluding tert-OH is 1. The molecule has 5 heteroatoms. The zero-order valence-electron chi connectivity index (χ0n) is 10.8. The predicted molar refractivity (Wildman–Crippen MR) is 77.3 cm³/mol. The zero-order valence-corrected chi connectivity index (χ0v) is 11.6. The van der Waals surface area contributed by atoms with Crippen molar-refractivity contribution in [2.45, 2.75) is 23.1 Å². The Balaban J connectivity index is 2.00. The fourth-order valence-electron chi connectivity index (χ4n) is 2.09. The molecule has 1 aromatic heterocycles. The van der Waals surface area contributed by atoms with Gasteiger partial charge in [0.1, 0.15) is 5.82 Å². The van der Waals surface area contributed by atoms with Crippen molar-refractivity contribution in [3.05, 3.63) is 53.8 Å². The molecule has 3 rings (SSSR count). The second-order valence-corrected chi connectivity index (χ2v) is 5.52. The molecule has 0 unspecified atom stereocenters. The van der Waals surface area contributed by atoms with Gasteiger partial charge in [-0.05, 0) is 31.2 Å². The van der Waals surface area contributed by atoms with Crippen molar-refractivity contribution in [3.63, 3.8) is 0 Å². The first-order valence-electron chi connectivity index (χ1n) is 6.24. The van der Waals surface area contributed by atoms with E-state index in [-0.39, 0.29) is 0 Å². The average Bonchev–Trinajstić information content (AvgIpc) is 2.80. The molecule has 3 aromatic rings. The van der Waals surface area contributed by atoms with Crippen LogP contribution in [0, 0.1) is 5.82 Å². The summed E-state index contributed by atoms with van der Waals surface area (Å²) in [4.78, 5) is 8.28. The molecule has 1 atom stereocenters. The minimum atomic E-state index is -0.858. The van der Waals surface area contributed by atoms with Crippen LogP contribution in [-0.2, 0) is 0 Å². The quantitative estimate of drug-likeness (QED) is 0.768. The van der Waals surface area contributed by atoms with Gasteiger partial charge in [-0.2, -0.15) is 0 Å². The summed E-state index contributed by atoms with van der Waals surface area (Å²) in [6.45, 7) is 1.56. The van der Waals surface area contributed by atoms with Crippen LogP contribution in [0.1, 0.15) is 18.6 Å². The van der Waals surface area contributed by atoms with Crippen LogP contribution in [0.3, 0.4) is 0 Å². The number of nitrogens with one attached hydrogen (secondary N) is 1.